The Kier molecular flexibility index (Phi) is 7.93. The fourth-order valence-corrected chi connectivity index (χ4v) is 7.22. The van der Waals surface area contributed by atoms with Gasteiger partial charge < -0.3 is 15.5 Å². The minimum Gasteiger partial charge on any atom is -0.358 e. The molecule has 2 aromatic carbocycles. The van der Waals surface area contributed by atoms with Gasteiger partial charge in [0.05, 0.1) is 16.8 Å². The summed E-state index contributed by atoms with van der Waals surface area (Å²) >= 11 is 0. The largest absolute Gasteiger partial charge is 0.408 e. The summed E-state index contributed by atoms with van der Waals surface area (Å²) in [6, 6.07) is 5.05. The molecule has 17 heteroatoms. The first-order chi connectivity index (χ1) is 21.1. The van der Waals surface area contributed by atoms with Crippen LogP contribution in [-0.2, 0) is 42.8 Å². The number of urea groups is 1. The lowest BCUT2D eigenvalue weighted by Crippen LogP contribution is -2.51. The molecule has 1 fully saturated rings. The minimum absolute atomic E-state index is 0.0656. The van der Waals surface area contributed by atoms with Gasteiger partial charge in [-0.05, 0) is 36.2 Å². The first kappa shape index (κ1) is 31.6. The van der Waals surface area contributed by atoms with Gasteiger partial charge in [0.2, 0.25) is 11.8 Å². The Bertz CT molecular complexity index is 1810. The number of benzene rings is 2. The summed E-state index contributed by atoms with van der Waals surface area (Å²) in [6.45, 7) is -1.06. The van der Waals surface area contributed by atoms with E-state index in [-0.39, 0.29) is 28.5 Å². The number of nitrogens with zero attached hydrogens (tertiary/aromatic N) is 4. The zero-order valence-electron chi connectivity index (χ0n) is 23.8. The quantitative estimate of drug-likeness (QED) is 0.280. The normalized spacial score (nSPS) is 19.4. The fourth-order valence-electron chi connectivity index (χ4n) is 5.26. The minimum atomic E-state index is -4.87. The van der Waals surface area contributed by atoms with E-state index >= 15 is 0 Å². The molecule has 12 nitrogen and oxygen atoms in total. The lowest BCUT2D eigenvalue weighted by Gasteiger charge is -2.32. The van der Waals surface area contributed by atoms with E-state index in [1.165, 1.54) is 54.5 Å². The summed E-state index contributed by atoms with van der Waals surface area (Å²) in [5.41, 5.74) is -1.15. The van der Waals surface area contributed by atoms with Gasteiger partial charge in [-0.15, -0.1) is 0 Å². The molecule has 0 radical (unpaired) electrons. The zero-order valence-corrected chi connectivity index (χ0v) is 24.6. The van der Waals surface area contributed by atoms with Crippen LogP contribution < -0.4 is 10.6 Å². The van der Waals surface area contributed by atoms with Crippen LogP contribution in [0.1, 0.15) is 18.1 Å². The summed E-state index contributed by atoms with van der Waals surface area (Å²) < 4.78 is 82.4. The summed E-state index contributed by atoms with van der Waals surface area (Å²) in [4.78, 5) is 52.2. The molecule has 45 heavy (non-hydrogen) atoms. The van der Waals surface area contributed by atoms with Gasteiger partial charge in [-0.1, -0.05) is 24.3 Å². The first-order valence-electron chi connectivity index (χ1n) is 13.4. The molecule has 5 amide bonds. The summed E-state index contributed by atoms with van der Waals surface area (Å²) in [7, 11) is -2.71. The Morgan fingerprint density at radius 3 is 2.44 bits per heavy atom. The molecule has 2 N–H and O–H groups in total. The van der Waals surface area contributed by atoms with Gasteiger partial charge in [0, 0.05) is 30.9 Å². The van der Waals surface area contributed by atoms with Gasteiger partial charge in [-0.3, -0.25) is 24.0 Å². The molecule has 0 bridgehead atoms. The van der Waals surface area contributed by atoms with Crippen LogP contribution in [0.15, 0.2) is 59.8 Å². The highest BCUT2D eigenvalue weighted by Gasteiger charge is 2.60. The molecule has 3 aromatic rings. The third kappa shape index (κ3) is 5.86. The summed E-state index contributed by atoms with van der Waals surface area (Å²) in [5, 5.41) is 8.89. The standard InChI is InChI=1S/C28H26F4N6O6S/c1-16(28(30,31)32)37(11-17-3-6-20(29)7-4-17)24(40)14-38-25(41)27(35-26(38)42)15-45(43,44)22-9-18(5-8-21(22)27)19-10-34-36(12-19)13-23(39)33-2/h3-10,12,16H,11,13-15H2,1-2H3,(H,33,39)(H,35,42)/t16-,27?/m0/s1. The van der Waals surface area contributed by atoms with E-state index in [1.54, 1.807) is 0 Å². The molecule has 1 spiro atoms. The molecule has 2 atom stereocenters. The third-order valence-corrected chi connectivity index (χ3v) is 9.55. The second-order valence-corrected chi connectivity index (χ2v) is 12.6. The maximum atomic E-state index is 13.7. The second kappa shape index (κ2) is 11.3. The smallest absolute Gasteiger partial charge is 0.358 e. The number of carbonyl (C=O) groups excluding carboxylic acids is 4. The van der Waals surface area contributed by atoms with E-state index in [1.807, 2.05) is 0 Å². The maximum absolute atomic E-state index is 13.7. The summed E-state index contributed by atoms with van der Waals surface area (Å²) in [6.07, 6.45) is -1.94. The van der Waals surface area contributed by atoms with Crippen molar-refractivity contribution in [3.05, 3.63) is 71.8 Å². The Balaban J connectivity index is 1.42. The van der Waals surface area contributed by atoms with Crippen LogP contribution in [0.4, 0.5) is 22.4 Å². The number of amides is 5. The van der Waals surface area contributed by atoms with Crippen LogP contribution in [0.5, 0.6) is 0 Å². The van der Waals surface area contributed by atoms with E-state index < -0.39 is 70.1 Å². The monoisotopic (exact) mass is 650 g/mol. The highest BCUT2D eigenvalue weighted by molar-refractivity contribution is 7.92. The second-order valence-electron chi connectivity index (χ2n) is 10.7. The van der Waals surface area contributed by atoms with E-state index in [0.29, 0.717) is 20.9 Å². The number of carbonyl (C=O) groups is 4. The van der Waals surface area contributed by atoms with Gasteiger partial charge in [-0.25, -0.2) is 17.6 Å². The van der Waals surface area contributed by atoms with Crippen molar-refractivity contribution >= 4 is 33.6 Å². The highest BCUT2D eigenvalue weighted by Crippen LogP contribution is 2.43. The number of likely N-dealkylation sites (N-methyl/N-ethyl adjacent to an activating group) is 1. The van der Waals surface area contributed by atoms with Crippen LogP contribution in [-0.4, -0.2) is 83.3 Å². The molecular weight excluding hydrogens is 624 g/mol. The zero-order chi connectivity index (χ0) is 32.9. The van der Waals surface area contributed by atoms with Crippen LogP contribution in [0.3, 0.4) is 0 Å². The van der Waals surface area contributed by atoms with Crippen molar-refractivity contribution in [3.63, 3.8) is 0 Å². The predicted octanol–water partition coefficient (Wildman–Crippen LogP) is 1.95. The fraction of sp³-hybridized carbons (Fsp3) is 0.321. The Morgan fingerprint density at radius 2 is 1.80 bits per heavy atom. The third-order valence-electron chi connectivity index (χ3n) is 7.73. The van der Waals surface area contributed by atoms with Gasteiger partial charge >= 0.3 is 12.2 Å². The van der Waals surface area contributed by atoms with Crippen molar-refractivity contribution < 1.29 is 45.2 Å². The molecule has 0 aliphatic carbocycles. The molecule has 3 heterocycles. The van der Waals surface area contributed by atoms with Gasteiger partial charge in [0.15, 0.2) is 15.4 Å². The van der Waals surface area contributed by atoms with Crippen molar-refractivity contribution in [2.75, 3.05) is 19.3 Å². The Hall–Kier alpha value is -4.80. The van der Waals surface area contributed by atoms with Gasteiger partial charge in [0.25, 0.3) is 5.91 Å². The Labute approximate surface area is 253 Å². The number of alkyl halides is 3. The average Bonchev–Trinajstić information content (AvgIpc) is 3.60. The van der Waals surface area contributed by atoms with Crippen LogP contribution in [0.25, 0.3) is 11.1 Å². The number of aromatic nitrogens is 2. The van der Waals surface area contributed by atoms with Gasteiger partial charge in [0.1, 0.15) is 24.9 Å². The van der Waals surface area contributed by atoms with Crippen LogP contribution in [0.2, 0.25) is 0 Å². The number of sulfone groups is 1. The lowest BCUT2D eigenvalue weighted by atomic mass is 9.91. The summed E-state index contributed by atoms with van der Waals surface area (Å²) in [5.74, 6) is -4.18. The average molecular weight is 651 g/mol. The van der Waals surface area contributed by atoms with Crippen LogP contribution >= 0.6 is 0 Å². The molecule has 238 valence electrons. The molecule has 0 saturated carbocycles. The van der Waals surface area contributed by atoms with Gasteiger partial charge in [-0.2, -0.15) is 18.3 Å². The maximum Gasteiger partial charge on any atom is 0.408 e. The number of hydrogen-bond acceptors (Lipinski definition) is 7. The first-order valence-corrected chi connectivity index (χ1v) is 15.1. The molecule has 1 saturated heterocycles. The number of hydrogen-bond donors (Lipinski definition) is 2. The van der Waals surface area contributed by atoms with E-state index in [0.717, 1.165) is 19.1 Å². The molecule has 1 aromatic heterocycles. The SMILES string of the molecule is CNC(=O)Cn1cc(-c2ccc3c(c2)S(=O)(=O)CC32NC(=O)N(CC(=O)N(Cc3ccc(F)cc3)[C@@H](C)C(F)(F)F)C2=O)cn1. The number of halogens is 4. The van der Waals surface area contributed by atoms with E-state index in [2.05, 4.69) is 15.7 Å². The number of rotatable bonds is 8. The Morgan fingerprint density at radius 1 is 1.11 bits per heavy atom. The molecule has 5 rings (SSSR count). The predicted molar refractivity (Wildman–Crippen MR) is 148 cm³/mol. The van der Waals surface area contributed by atoms with Crippen molar-refractivity contribution in [2.45, 2.75) is 42.7 Å². The number of imide groups is 1. The van der Waals surface area contributed by atoms with Crippen molar-refractivity contribution in [1.29, 1.82) is 0 Å². The van der Waals surface area contributed by atoms with Crippen molar-refractivity contribution in [2.24, 2.45) is 0 Å². The molecule has 2 aliphatic heterocycles. The number of fused-ring (bicyclic) bond motifs is 2. The highest BCUT2D eigenvalue weighted by atomic mass is 32.2. The molecular formula is C28H26F4N6O6S. The number of nitrogens with one attached hydrogen (secondary N) is 2. The van der Waals surface area contributed by atoms with Crippen molar-refractivity contribution in [1.82, 2.24) is 30.2 Å². The molecule has 1 unspecified atom stereocenters. The van der Waals surface area contributed by atoms with Crippen LogP contribution in [0, 0.1) is 5.82 Å². The topological polar surface area (TPSA) is 151 Å². The van der Waals surface area contributed by atoms with E-state index in [4.69, 9.17) is 0 Å². The van der Waals surface area contributed by atoms with E-state index in [9.17, 15) is 45.2 Å². The lowest BCUT2D eigenvalue weighted by molar-refractivity contribution is -0.187. The molecule has 2 aliphatic rings. The van der Waals surface area contributed by atoms with Crippen molar-refractivity contribution in [3.8, 4) is 11.1 Å².